The van der Waals surface area contributed by atoms with Gasteiger partial charge in [-0.3, -0.25) is 4.79 Å². The van der Waals surface area contributed by atoms with Gasteiger partial charge in [0, 0.05) is 18.7 Å². The predicted molar refractivity (Wildman–Crippen MR) is 149 cm³/mol. The Hall–Kier alpha value is -3.41. The minimum Gasteiger partial charge on any atom is -0.496 e. The summed E-state index contributed by atoms with van der Waals surface area (Å²) in [5, 5.41) is 10.1. The topological polar surface area (TPSA) is 136 Å². The minimum atomic E-state index is -0.507. The highest BCUT2D eigenvalue weighted by Gasteiger charge is 2.19. The predicted octanol–water partition coefficient (Wildman–Crippen LogP) is 2.87. The summed E-state index contributed by atoms with van der Waals surface area (Å²) in [4.78, 5) is 20.2. The Labute approximate surface area is 222 Å². The standard InChI is InChI=1S/C27H39FN6O4/c1-36-18-14-23(37-2)25(24(15-18)38-3)26-33-21-17-22(20(28)16-19(21)27(35)34-26)32-13-7-12-31-10-5-4-9-30-11-6-8-29/h14-17,30-32H,4-13,29H2,1-3H3,(H,33,34,35). The molecule has 0 atom stereocenters. The normalized spacial score (nSPS) is 11.1. The number of benzene rings is 2. The molecule has 1 heterocycles. The van der Waals surface area contributed by atoms with Crippen molar-refractivity contribution in [3.63, 3.8) is 0 Å². The van der Waals surface area contributed by atoms with Crippen LogP contribution in [0.3, 0.4) is 0 Å². The average molecular weight is 531 g/mol. The van der Waals surface area contributed by atoms with Crippen molar-refractivity contribution in [2.75, 3.05) is 65.9 Å². The van der Waals surface area contributed by atoms with E-state index in [0.29, 0.717) is 40.6 Å². The molecule has 0 aliphatic heterocycles. The lowest BCUT2D eigenvalue weighted by molar-refractivity contribution is 0.377. The fourth-order valence-corrected chi connectivity index (χ4v) is 4.07. The summed E-state index contributed by atoms with van der Waals surface area (Å²) in [6.45, 7) is 5.03. The third-order valence-corrected chi connectivity index (χ3v) is 6.11. The number of aromatic amines is 1. The van der Waals surface area contributed by atoms with Gasteiger partial charge in [-0.05, 0) is 70.5 Å². The SMILES string of the molecule is COc1cc(OC)c(-c2nc3cc(NCCCNCCCCNCCCN)c(F)cc3c(=O)[nH]2)c(OC)c1. The first-order valence-corrected chi connectivity index (χ1v) is 12.9. The maximum atomic E-state index is 14.7. The van der Waals surface area contributed by atoms with Crippen molar-refractivity contribution in [3.05, 3.63) is 40.4 Å². The molecule has 208 valence electrons. The molecular weight excluding hydrogens is 491 g/mol. The molecule has 0 aliphatic carbocycles. The Kier molecular flexibility index (Phi) is 11.6. The molecule has 0 saturated carbocycles. The lowest BCUT2D eigenvalue weighted by Gasteiger charge is -2.15. The molecule has 10 nitrogen and oxygen atoms in total. The van der Waals surface area contributed by atoms with Crippen LogP contribution in [0.2, 0.25) is 0 Å². The number of ether oxygens (including phenoxy) is 3. The van der Waals surface area contributed by atoms with Crippen LogP contribution in [0.4, 0.5) is 10.1 Å². The van der Waals surface area contributed by atoms with Crippen LogP contribution < -0.4 is 41.5 Å². The molecule has 0 saturated heterocycles. The van der Waals surface area contributed by atoms with E-state index in [1.165, 1.54) is 27.4 Å². The third kappa shape index (κ3) is 7.80. The van der Waals surface area contributed by atoms with Gasteiger partial charge in [-0.15, -0.1) is 0 Å². The van der Waals surface area contributed by atoms with E-state index in [0.717, 1.165) is 58.4 Å². The molecule has 11 heteroatoms. The highest BCUT2D eigenvalue weighted by atomic mass is 19.1. The Morgan fingerprint density at radius 1 is 0.868 bits per heavy atom. The van der Waals surface area contributed by atoms with Crippen LogP contribution in [0.5, 0.6) is 17.2 Å². The molecule has 0 bridgehead atoms. The number of anilines is 1. The fourth-order valence-electron chi connectivity index (χ4n) is 4.07. The molecule has 0 aliphatic rings. The number of nitrogens with one attached hydrogen (secondary N) is 4. The Bertz CT molecular complexity index is 1210. The zero-order chi connectivity index (χ0) is 27.3. The van der Waals surface area contributed by atoms with Crippen LogP contribution in [0.15, 0.2) is 29.1 Å². The molecule has 0 unspecified atom stereocenters. The van der Waals surface area contributed by atoms with Gasteiger partial charge in [0.1, 0.15) is 34.5 Å². The highest BCUT2D eigenvalue weighted by Crippen LogP contribution is 2.40. The van der Waals surface area contributed by atoms with E-state index in [2.05, 4.69) is 25.9 Å². The summed E-state index contributed by atoms with van der Waals surface area (Å²) in [5.74, 6) is 1.10. The second kappa shape index (κ2) is 15.1. The van der Waals surface area contributed by atoms with Gasteiger partial charge in [-0.25, -0.2) is 9.37 Å². The van der Waals surface area contributed by atoms with Crippen molar-refractivity contribution < 1.29 is 18.6 Å². The van der Waals surface area contributed by atoms with Gasteiger partial charge in [0.15, 0.2) is 0 Å². The van der Waals surface area contributed by atoms with E-state index in [9.17, 15) is 9.18 Å². The lowest BCUT2D eigenvalue weighted by Crippen LogP contribution is -2.22. The summed E-state index contributed by atoms with van der Waals surface area (Å²) in [5.41, 5.74) is 6.12. The highest BCUT2D eigenvalue weighted by molar-refractivity contribution is 5.85. The average Bonchev–Trinajstić information content (AvgIpc) is 2.93. The van der Waals surface area contributed by atoms with Gasteiger partial charge in [0.2, 0.25) is 0 Å². The molecule has 0 amide bonds. The maximum Gasteiger partial charge on any atom is 0.259 e. The smallest absolute Gasteiger partial charge is 0.259 e. The monoisotopic (exact) mass is 530 g/mol. The summed E-state index contributed by atoms with van der Waals surface area (Å²) in [6, 6.07) is 6.11. The molecule has 0 radical (unpaired) electrons. The van der Waals surface area contributed by atoms with Crippen molar-refractivity contribution in [1.29, 1.82) is 0 Å². The first-order valence-electron chi connectivity index (χ1n) is 12.9. The first-order chi connectivity index (χ1) is 18.5. The molecule has 1 aromatic heterocycles. The molecule has 38 heavy (non-hydrogen) atoms. The van der Waals surface area contributed by atoms with Crippen LogP contribution >= 0.6 is 0 Å². The zero-order valence-corrected chi connectivity index (χ0v) is 22.4. The van der Waals surface area contributed by atoms with Crippen LogP contribution in [0, 0.1) is 5.82 Å². The number of nitrogens with two attached hydrogens (primary N) is 1. The van der Waals surface area contributed by atoms with Gasteiger partial charge >= 0.3 is 0 Å². The molecular formula is C27H39FN6O4. The van der Waals surface area contributed by atoms with E-state index in [-0.39, 0.29) is 11.2 Å². The van der Waals surface area contributed by atoms with Gasteiger partial charge in [-0.1, -0.05) is 0 Å². The van der Waals surface area contributed by atoms with E-state index in [1.54, 1.807) is 18.2 Å². The van der Waals surface area contributed by atoms with E-state index >= 15 is 0 Å². The third-order valence-electron chi connectivity index (χ3n) is 6.11. The molecule has 2 aromatic carbocycles. The molecule has 0 fully saturated rings. The maximum absolute atomic E-state index is 14.7. The number of aromatic nitrogens is 2. The summed E-state index contributed by atoms with van der Waals surface area (Å²) >= 11 is 0. The second-order valence-corrected chi connectivity index (χ2v) is 8.80. The van der Waals surface area contributed by atoms with Gasteiger partial charge in [0.05, 0.1) is 37.9 Å². The number of rotatable bonds is 17. The van der Waals surface area contributed by atoms with Crippen molar-refractivity contribution in [3.8, 4) is 28.6 Å². The second-order valence-electron chi connectivity index (χ2n) is 8.80. The van der Waals surface area contributed by atoms with Gasteiger partial charge < -0.3 is 40.9 Å². The minimum absolute atomic E-state index is 0.155. The van der Waals surface area contributed by atoms with E-state index in [1.807, 2.05) is 0 Å². The Balaban J connectivity index is 1.64. The number of halogens is 1. The van der Waals surface area contributed by atoms with Crippen molar-refractivity contribution >= 4 is 16.6 Å². The number of hydrogen-bond acceptors (Lipinski definition) is 9. The largest absolute Gasteiger partial charge is 0.496 e. The zero-order valence-electron chi connectivity index (χ0n) is 22.4. The van der Waals surface area contributed by atoms with Crippen molar-refractivity contribution in [2.24, 2.45) is 5.73 Å². The number of hydrogen-bond donors (Lipinski definition) is 5. The van der Waals surface area contributed by atoms with Crippen LogP contribution in [-0.2, 0) is 0 Å². The molecule has 3 aromatic rings. The first kappa shape index (κ1) is 29.2. The lowest BCUT2D eigenvalue weighted by atomic mass is 10.1. The van der Waals surface area contributed by atoms with Crippen LogP contribution in [0.25, 0.3) is 22.3 Å². The van der Waals surface area contributed by atoms with E-state index < -0.39 is 11.4 Å². The molecule has 0 spiro atoms. The van der Waals surface area contributed by atoms with Gasteiger partial charge in [-0.2, -0.15) is 0 Å². The summed E-state index contributed by atoms with van der Waals surface area (Å²) < 4.78 is 31.0. The number of methoxy groups -OCH3 is 3. The quantitative estimate of drug-likeness (QED) is 0.167. The summed E-state index contributed by atoms with van der Waals surface area (Å²) in [7, 11) is 4.55. The molecule has 6 N–H and O–H groups in total. The molecule has 3 rings (SSSR count). The van der Waals surface area contributed by atoms with E-state index in [4.69, 9.17) is 19.9 Å². The number of fused-ring (bicyclic) bond motifs is 1. The Morgan fingerprint density at radius 3 is 2.11 bits per heavy atom. The number of nitrogens with zero attached hydrogens (tertiary/aromatic N) is 1. The Morgan fingerprint density at radius 2 is 1.50 bits per heavy atom. The van der Waals surface area contributed by atoms with Crippen LogP contribution in [-0.4, -0.2) is 70.6 Å². The fraction of sp³-hybridized carbons (Fsp3) is 0.481. The van der Waals surface area contributed by atoms with Crippen molar-refractivity contribution in [2.45, 2.75) is 25.7 Å². The summed E-state index contributed by atoms with van der Waals surface area (Å²) in [6.07, 6.45) is 4.03. The van der Waals surface area contributed by atoms with Gasteiger partial charge in [0.25, 0.3) is 5.56 Å². The number of unbranched alkanes of at least 4 members (excludes halogenated alkanes) is 1. The van der Waals surface area contributed by atoms with Crippen molar-refractivity contribution in [1.82, 2.24) is 20.6 Å². The number of H-pyrrole nitrogens is 1. The van der Waals surface area contributed by atoms with Crippen LogP contribution in [0.1, 0.15) is 25.7 Å².